The molecule has 1 saturated carbocycles. The fourth-order valence-corrected chi connectivity index (χ4v) is 2.21. The van der Waals surface area contributed by atoms with Gasteiger partial charge in [-0.1, -0.05) is 0 Å². The molecule has 6 nitrogen and oxygen atoms in total. The van der Waals surface area contributed by atoms with Gasteiger partial charge < -0.3 is 20.5 Å². The van der Waals surface area contributed by atoms with Crippen molar-refractivity contribution in [1.29, 1.82) is 0 Å². The van der Waals surface area contributed by atoms with E-state index in [0.717, 1.165) is 12.8 Å². The molecule has 2 aliphatic rings. The number of carboxylic acids is 1. The lowest BCUT2D eigenvalue weighted by atomic mass is 9.85. The molecule has 0 aromatic carbocycles. The summed E-state index contributed by atoms with van der Waals surface area (Å²) in [7, 11) is 0. The van der Waals surface area contributed by atoms with E-state index in [-0.39, 0.29) is 25.3 Å². The maximum atomic E-state index is 11.8. The normalized spacial score (nSPS) is 32.9. The van der Waals surface area contributed by atoms with Crippen molar-refractivity contribution < 1.29 is 19.4 Å². The molecular formula is C12H20N2O4. The second kappa shape index (κ2) is 4.76. The van der Waals surface area contributed by atoms with Crippen LogP contribution in [0, 0.1) is 11.3 Å². The highest BCUT2D eigenvalue weighted by molar-refractivity contribution is 5.79. The van der Waals surface area contributed by atoms with Gasteiger partial charge >= 0.3 is 12.0 Å². The number of carbonyl (C=O) groups is 2. The lowest BCUT2D eigenvalue weighted by molar-refractivity contribution is -0.148. The van der Waals surface area contributed by atoms with Crippen LogP contribution in [0.2, 0.25) is 0 Å². The molecule has 1 heterocycles. The molecule has 3 unspecified atom stereocenters. The summed E-state index contributed by atoms with van der Waals surface area (Å²) in [4.78, 5) is 23.0. The van der Waals surface area contributed by atoms with Crippen molar-refractivity contribution in [3.63, 3.8) is 0 Å². The summed E-state index contributed by atoms with van der Waals surface area (Å²) in [5, 5.41) is 14.7. The van der Waals surface area contributed by atoms with Gasteiger partial charge in [-0.05, 0) is 32.6 Å². The van der Waals surface area contributed by atoms with Crippen molar-refractivity contribution in [2.75, 3.05) is 13.2 Å². The number of aliphatic carboxylic acids is 1. The summed E-state index contributed by atoms with van der Waals surface area (Å²) in [6.07, 6.45) is 2.31. The average Bonchev–Trinajstić information content (AvgIpc) is 3.06. The Kier molecular flexibility index (Phi) is 3.47. The predicted octanol–water partition coefficient (Wildman–Crippen LogP) is 0.574. The van der Waals surface area contributed by atoms with Crippen molar-refractivity contribution in [1.82, 2.24) is 10.6 Å². The summed E-state index contributed by atoms with van der Waals surface area (Å²) in [5.41, 5.74) is -1.04. The van der Waals surface area contributed by atoms with Crippen molar-refractivity contribution in [3.8, 4) is 0 Å². The maximum Gasteiger partial charge on any atom is 0.315 e. The van der Waals surface area contributed by atoms with Crippen LogP contribution >= 0.6 is 0 Å². The smallest absolute Gasteiger partial charge is 0.315 e. The van der Waals surface area contributed by atoms with Crippen LogP contribution in [0.15, 0.2) is 0 Å². The number of rotatable bonds is 4. The number of urea groups is 1. The molecule has 0 radical (unpaired) electrons. The second-order valence-corrected chi connectivity index (χ2v) is 5.53. The van der Waals surface area contributed by atoms with Crippen LogP contribution in [-0.2, 0) is 9.53 Å². The van der Waals surface area contributed by atoms with E-state index in [1.807, 2.05) is 6.92 Å². The van der Waals surface area contributed by atoms with Gasteiger partial charge in [0.15, 0.2) is 0 Å². The zero-order valence-corrected chi connectivity index (χ0v) is 10.7. The Morgan fingerprint density at radius 2 is 2.11 bits per heavy atom. The van der Waals surface area contributed by atoms with Crippen LogP contribution in [0.4, 0.5) is 4.79 Å². The van der Waals surface area contributed by atoms with E-state index in [9.17, 15) is 14.7 Å². The van der Waals surface area contributed by atoms with Crippen molar-refractivity contribution in [2.45, 2.75) is 38.8 Å². The molecule has 6 heteroatoms. The van der Waals surface area contributed by atoms with Gasteiger partial charge in [-0.25, -0.2) is 4.79 Å². The minimum absolute atomic E-state index is 0.130. The highest BCUT2D eigenvalue weighted by atomic mass is 16.5. The van der Waals surface area contributed by atoms with Crippen LogP contribution in [0.1, 0.15) is 26.7 Å². The van der Waals surface area contributed by atoms with E-state index < -0.39 is 17.4 Å². The summed E-state index contributed by atoms with van der Waals surface area (Å²) in [6.45, 7) is 3.94. The summed E-state index contributed by atoms with van der Waals surface area (Å²) in [6, 6.07) is -0.651. The van der Waals surface area contributed by atoms with E-state index in [2.05, 4.69) is 10.6 Å². The molecule has 2 rings (SSSR count). The lowest BCUT2D eigenvalue weighted by Gasteiger charge is -2.26. The highest BCUT2D eigenvalue weighted by Crippen LogP contribution is 2.32. The average molecular weight is 256 g/mol. The summed E-state index contributed by atoms with van der Waals surface area (Å²) >= 11 is 0. The van der Waals surface area contributed by atoms with Gasteiger partial charge in [-0.15, -0.1) is 0 Å². The van der Waals surface area contributed by atoms with Gasteiger partial charge in [0.2, 0.25) is 0 Å². The largest absolute Gasteiger partial charge is 0.481 e. The molecule has 0 spiro atoms. The Morgan fingerprint density at radius 1 is 1.44 bits per heavy atom. The molecule has 18 heavy (non-hydrogen) atoms. The van der Waals surface area contributed by atoms with Gasteiger partial charge in [0, 0.05) is 6.04 Å². The maximum absolute atomic E-state index is 11.8. The highest BCUT2D eigenvalue weighted by Gasteiger charge is 2.47. The minimum atomic E-state index is -1.04. The van der Waals surface area contributed by atoms with Gasteiger partial charge in [0.05, 0.1) is 19.3 Å². The van der Waals surface area contributed by atoms with Gasteiger partial charge in [0.25, 0.3) is 0 Å². The molecule has 0 aromatic rings. The number of ether oxygens (including phenoxy) is 1. The molecule has 3 N–H and O–H groups in total. The van der Waals surface area contributed by atoms with E-state index >= 15 is 0 Å². The van der Waals surface area contributed by atoms with Crippen molar-refractivity contribution in [2.24, 2.45) is 11.3 Å². The van der Waals surface area contributed by atoms with E-state index in [1.54, 1.807) is 6.92 Å². The van der Waals surface area contributed by atoms with Gasteiger partial charge in [-0.3, -0.25) is 4.79 Å². The SMILES string of the molecule is CC(NC(=O)NC1COCC1(C)C(=O)O)C1CC1. The fourth-order valence-electron chi connectivity index (χ4n) is 2.21. The summed E-state index contributed by atoms with van der Waals surface area (Å²) < 4.78 is 5.18. The standard InChI is InChI=1S/C12H20N2O4/c1-7(8-3-4-8)13-11(17)14-9-5-18-6-12(9,2)10(15)16/h7-9H,3-6H2,1-2H3,(H,15,16)(H2,13,14,17). The Balaban J connectivity index is 1.87. The predicted molar refractivity (Wildman–Crippen MR) is 64.2 cm³/mol. The zero-order chi connectivity index (χ0) is 13.3. The van der Waals surface area contributed by atoms with Crippen LogP contribution in [0.25, 0.3) is 0 Å². The second-order valence-electron chi connectivity index (χ2n) is 5.53. The molecule has 0 bridgehead atoms. The Morgan fingerprint density at radius 3 is 2.67 bits per heavy atom. The number of carboxylic acid groups (broad SMARTS) is 1. The molecule has 1 saturated heterocycles. The topological polar surface area (TPSA) is 87.7 Å². The van der Waals surface area contributed by atoms with Crippen molar-refractivity contribution >= 4 is 12.0 Å². The first-order valence-electron chi connectivity index (χ1n) is 6.31. The fraction of sp³-hybridized carbons (Fsp3) is 0.833. The molecule has 0 aromatic heterocycles. The number of amides is 2. The van der Waals surface area contributed by atoms with Gasteiger partial charge in [0.1, 0.15) is 5.41 Å². The first-order chi connectivity index (χ1) is 8.43. The lowest BCUT2D eigenvalue weighted by Crippen LogP contribution is -2.53. The Bertz CT molecular complexity index is 356. The first-order valence-corrected chi connectivity index (χ1v) is 6.31. The monoisotopic (exact) mass is 256 g/mol. The van der Waals surface area contributed by atoms with E-state index in [4.69, 9.17) is 4.74 Å². The third kappa shape index (κ3) is 2.58. The minimum Gasteiger partial charge on any atom is -0.481 e. The Labute approximate surface area is 106 Å². The number of nitrogens with one attached hydrogen (secondary N) is 2. The number of carbonyl (C=O) groups excluding carboxylic acids is 1. The van der Waals surface area contributed by atoms with Crippen LogP contribution in [-0.4, -0.2) is 42.4 Å². The number of hydrogen-bond acceptors (Lipinski definition) is 3. The molecule has 1 aliphatic heterocycles. The first kappa shape index (κ1) is 13.1. The summed E-state index contributed by atoms with van der Waals surface area (Å²) in [5.74, 6) is -0.373. The van der Waals surface area contributed by atoms with Crippen LogP contribution in [0.3, 0.4) is 0 Å². The molecule has 1 aliphatic carbocycles. The van der Waals surface area contributed by atoms with E-state index in [0.29, 0.717) is 5.92 Å². The molecular weight excluding hydrogens is 236 g/mol. The van der Waals surface area contributed by atoms with Gasteiger partial charge in [-0.2, -0.15) is 0 Å². The van der Waals surface area contributed by atoms with Crippen LogP contribution in [0.5, 0.6) is 0 Å². The molecule has 2 amide bonds. The van der Waals surface area contributed by atoms with Crippen LogP contribution < -0.4 is 10.6 Å². The Hall–Kier alpha value is -1.30. The molecule has 3 atom stereocenters. The third-order valence-corrected chi connectivity index (χ3v) is 3.94. The zero-order valence-electron chi connectivity index (χ0n) is 10.7. The van der Waals surface area contributed by atoms with E-state index in [1.165, 1.54) is 0 Å². The van der Waals surface area contributed by atoms with Crippen molar-refractivity contribution in [3.05, 3.63) is 0 Å². The number of hydrogen-bond donors (Lipinski definition) is 3. The third-order valence-electron chi connectivity index (χ3n) is 3.94. The molecule has 2 fully saturated rings. The molecule has 102 valence electrons. The quantitative estimate of drug-likeness (QED) is 0.686.